The second-order valence-corrected chi connectivity index (χ2v) is 7.58. The average Bonchev–Trinajstić information content (AvgIpc) is 2.44. The van der Waals surface area contributed by atoms with E-state index in [1.54, 1.807) is 34.6 Å². The molecule has 1 aliphatic rings. The lowest BCUT2D eigenvalue weighted by Gasteiger charge is -2.37. The van der Waals surface area contributed by atoms with Crippen LogP contribution in [-0.2, 0) is 23.9 Å². The standard InChI is InChI=1S/C17H27F2NO6/c1-10(2)25-13(22)11(14(23)26-16(3,4)5)7-9-20-12(21)6-8-17(18,19)15(20)24/h10-11,15,24H,6-9H2,1-5H3. The van der Waals surface area contributed by atoms with Crippen molar-refractivity contribution < 1.29 is 37.7 Å². The molecule has 0 spiro atoms. The molecule has 1 N–H and O–H groups in total. The van der Waals surface area contributed by atoms with Gasteiger partial charge in [0.15, 0.2) is 12.1 Å². The second-order valence-electron chi connectivity index (χ2n) is 7.58. The predicted octanol–water partition coefficient (Wildman–Crippen LogP) is 1.86. The van der Waals surface area contributed by atoms with Crippen molar-refractivity contribution in [2.45, 2.75) is 77.7 Å². The number of carbonyl (C=O) groups excluding carboxylic acids is 3. The highest BCUT2D eigenvalue weighted by atomic mass is 19.3. The Hall–Kier alpha value is -1.77. The van der Waals surface area contributed by atoms with E-state index in [4.69, 9.17) is 9.47 Å². The van der Waals surface area contributed by atoms with Crippen LogP contribution in [0.4, 0.5) is 8.78 Å². The van der Waals surface area contributed by atoms with Gasteiger partial charge in [-0.25, -0.2) is 8.78 Å². The van der Waals surface area contributed by atoms with Crippen LogP contribution in [0.3, 0.4) is 0 Å². The summed E-state index contributed by atoms with van der Waals surface area (Å²) in [5.41, 5.74) is -0.860. The van der Waals surface area contributed by atoms with Gasteiger partial charge in [-0.3, -0.25) is 14.4 Å². The summed E-state index contributed by atoms with van der Waals surface area (Å²) in [5.74, 6) is -7.21. The lowest BCUT2D eigenvalue weighted by atomic mass is 10.0. The summed E-state index contributed by atoms with van der Waals surface area (Å²) in [6.07, 6.45) is -4.23. The highest BCUT2D eigenvalue weighted by molar-refractivity contribution is 5.95. The minimum Gasteiger partial charge on any atom is -0.462 e. The van der Waals surface area contributed by atoms with Crippen molar-refractivity contribution in [2.75, 3.05) is 6.54 Å². The Balaban J connectivity index is 2.89. The van der Waals surface area contributed by atoms with Crippen molar-refractivity contribution in [1.82, 2.24) is 4.90 Å². The van der Waals surface area contributed by atoms with E-state index in [0.717, 1.165) is 0 Å². The van der Waals surface area contributed by atoms with Gasteiger partial charge in [-0.1, -0.05) is 0 Å². The molecule has 1 saturated heterocycles. The average molecular weight is 379 g/mol. The maximum absolute atomic E-state index is 13.6. The number of likely N-dealkylation sites (tertiary alicyclic amines) is 1. The fraction of sp³-hybridized carbons (Fsp3) is 0.824. The zero-order chi connectivity index (χ0) is 20.3. The first-order valence-corrected chi connectivity index (χ1v) is 8.53. The second kappa shape index (κ2) is 8.28. The molecule has 0 aromatic carbocycles. The first kappa shape index (κ1) is 22.3. The fourth-order valence-corrected chi connectivity index (χ4v) is 2.45. The first-order chi connectivity index (χ1) is 11.7. The van der Waals surface area contributed by atoms with Crippen LogP contribution in [0.2, 0.25) is 0 Å². The number of carbonyl (C=O) groups is 3. The largest absolute Gasteiger partial charge is 0.462 e. The third kappa shape index (κ3) is 6.19. The van der Waals surface area contributed by atoms with E-state index in [2.05, 4.69) is 0 Å². The number of hydrogen-bond acceptors (Lipinski definition) is 6. The zero-order valence-electron chi connectivity index (χ0n) is 15.8. The van der Waals surface area contributed by atoms with E-state index in [1.165, 1.54) is 0 Å². The molecule has 2 unspecified atom stereocenters. The summed E-state index contributed by atoms with van der Waals surface area (Å²) in [5, 5.41) is 9.71. The summed E-state index contributed by atoms with van der Waals surface area (Å²) < 4.78 is 37.5. The van der Waals surface area contributed by atoms with Crippen LogP contribution in [0.15, 0.2) is 0 Å². The van der Waals surface area contributed by atoms with E-state index < -0.39 is 67.0 Å². The molecule has 1 aliphatic heterocycles. The molecule has 0 saturated carbocycles. The third-order valence-corrected chi connectivity index (χ3v) is 3.65. The number of alkyl halides is 2. The molecule has 1 rings (SSSR count). The van der Waals surface area contributed by atoms with Crippen molar-refractivity contribution in [3.8, 4) is 0 Å². The minimum absolute atomic E-state index is 0.292. The van der Waals surface area contributed by atoms with Crippen molar-refractivity contribution in [3.63, 3.8) is 0 Å². The van der Waals surface area contributed by atoms with Gasteiger partial charge < -0.3 is 19.5 Å². The highest BCUT2D eigenvalue weighted by Crippen LogP contribution is 2.32. The number of aliphatic hydroxyl groups is 1. The number of piperidine rings is 1. The summed E-state index contributed by atoms with van der Waals surface area (Å²) in [6, 6.07) is 0. The topological polar surface area (TPSA) is 93.1 Å². The highest BCUT2D eigenvalue weighted by Gasteiger charge is 2.48. The molecule has 7 nitrogen and oxygen atoms in total. The Morgan fingerprint density at radius 2 is 1.88 bits per heavy atom. The van der Waals surface area contributed by atoms with E-state index in [-0.39, 0.29) is 6.42 Å². The summed E-state index contributed by atoms with van der Waals surface area (Å²) in [7, 11) is 0. The fourth-order valence-electron chi connectivity index (χ4n) is 2.45. The quantitative estimate of drug-likeness (QED) is 0.559. The van der Waals surface area contributed by atoms with Gasteiger partial charge in [0.1, 0.15) is 5.60 Å². The zero-order valence-corrected chi connectivity index (χ0v) is 15.8. The lowest BCUT2D eigenvalue weighted by Crippen LogP contribution is -2.55. The normalized spacial score (nSPS) is 21.5. The number of hydrogen-bond donors (Lipinski definition) is 1. The maximum atomic E-state index is 13.6. The molecule has 0 aliphatic carbocycles. The van der Waals surface area contributed by atoms with Gasteiger partial charge in [0.25, 0.3) is 5.92 Å². The van der Waals surface area contributed by atoms with Crippen LogP contribution in [-0.4, -0.2) is 58.3 Å². The summed E-state index contributed by atoms with van der Waals surface area (Å²) in [6.45, 7) is 7.66. The molecule has 1 amide bonds. The van der Waals surface area contributed by atoms with Crippen LogP contribution >= 0.6 is 0 Å². The number of amides is 1. The minimum atomic E-state index is -3.44. The van der Waals surface area contributed by atoms with Crippen molar-refractivity contribution in [3.05, 3.63) is 0 Å². The first-order valence-electron chi connectivity index (χ1n) is 8.53. The van der Waals surface area contributed by atoms with Crippen molar-refractivity contribution >= 4 is 17.8 Å². The van der Waals surface area contributed by atoms with Crippen molar-refractivity contribution in [1.29, 1.82) is 0 Å². The van der Waals surface area contributed by atoms with Gasteiger partial charge in [-0.05, 0) is 41.0 Å². The molecule has 150 valence electrons. The van der Waals surface area contributed by atoms with E-state index >= 15 is 0 Å². The smallest absolute Gasteiger partial charge is 0.320 e. The molecular formula is C17H27F2NO6. The van der Waals surface area contributed by atoms with Crippen LogP contribution in [0, 0.1) is 5.92 Å². The molecule has 2 atom stereocenters. The molecule has 0 radical (unpaired) electrons. The number of halogens is 2. The number of aliphatic hydroxyl groups excluding tert-OH is 1. The predicted molar refractivity (Wildman–Crippen MR) is 87.1 cm³/mol. The molecule has 0 aromatic heterocycles. The van der Waals surface area contributed by atoms with E-state index in [1.807, 2.05) is 0 Å². The molecule has 1 heterocycles. The van der Waals surface area contributed by atoms with Crippen LogP contribution in [0.5, 0.6) is 0 Å². The maximum Gasteiger partial charge on any atom is 0.320 e. The van der Waals surface area contributed by atoms with Gasteiger partial charge in [0.2, 0.25) is 5.91 Å². The molecular weight excluding hydrogens is 352 g/mol. The number of nitrogens with zero attached hydrogens (tertiary/aromatic N) is 1. The van der Waals surface area contributed by atoms with E-state index in [9.17, 15) is 28.3 Å². The Labute approximate surface area is 151 Å². The number of rotatable bonds is 6. The van der Waals surface area contributed by atoms with Crippen LogP contribution in [0.1, 0.15) is 53.9 Å². The Kier molecular flexibility index (Phi) is 7.09. The summed E-state index contributed by atoms with van der Waals surface area (Å²) in [4.78, 5) is 37.0. The molecule has 1 fully saturated rings. The van der Waals surface area contributed by atoms with Gasteiger partial charge in [-0.15, -0.1) is 0 Å². The van der Waals surface area contributed by atoms with Crippen LogP contribution < -0.4 is 0 Å². The Morgan fingerprint density at radius 1 is 1.31 bits per heavy atom. The lowest BCUT2D eigenvalue weighted by molar-refractivity contribution is -0.206. The molecule has 0 aromatic rings. The Bertz CT molecular complexity index is 544. The number of ether oxygens (including phenoxy) is 2. The SMILES string of the molecule is CC(C)OC(=O)C(CCN1C(=O)CCC(F)(F)C1O)C(=O)OC(C)(C)C. The van der Waals surface area contributed by atoms with Gasteiger partial charge in [0, 0.05) is 19.4 Å². The van der Waals surface area contributed by atoms with E-state index in [0.29, 0.717) is 4.90 Å². The van der Waals surface area contributed by atoms with Crippen molar-refractivity contribution in [2.24, 2.45) is 5.92 Å². The molecule has 26 heavy (non-hydrogen) atoms. The summed E-state index contributed by atoms with van der Waals surface area (Å²) >= 11 is 0. The van der Waals surface area contributed by atoms with Gasteiger partial charge >= 0.3 is 11.9 Å². The molecule has 0 bridgehead atoms. The molecule has 9 heteroatoms. The third-order valence-electron chi connectivity index (χ3n) is 3.65. The monoisotopic (exact) mass is 379 g/mol. The van der Waals surface area contributed by atoms with Crippen LogP contribution in [0.25, 0.3) is 0 Å². The van der Waals surface area contributed by atoms with Gasteiger partial charge in [-0.2, -0.15) is 0 Å². The Morgan fingerprint density at radius 3 is 2.38 bits per heavy atom. The van der Waals surface area contributed by atoms with Gasteiger partial charge in [0.05, 0.1) is 6.10 Å². The number of esters is 2.